The molecule has 0 spiro atoms. The molecule has 0 atom stereocenters. The number of rotatable bonds is 2. The molecule has 0 fully saturated rings. The number of pyridine rings is 2. The number of nitrogens with zero attached hydrogens (tertiary/aromatic N) is 4. The second-order valence-electron chi connectivity index (χ2n) is 5.66. The van der Waals surface area contributed by atoms with Crippen LogP contribution in [-0.4, -0.2) is 19.5 Å². The van der Waals surface area contributed by atoms with E-state index < -0.39 is 11.5 Å². The van der Waals surface area contributed by atoms with E-state index in [2.05, 4.69) is 15.0 Å². The topological polar surface area (TPSA) is 60.7 Å². The first-order valence-electron chi connectivity index (χ1n) is 7.21. The van der Waals surface area contributed by atoms with Crippen LogP contribution in [0, 0.1) is 12.7 Å². The molecule has 8 heteroatoms. The van der Waals surface area contributed by atoms with E-state index in [1.54, 1.807) is 12.3 Å². The highest BCUT2D eigenvalue weighted by Gasteiger charge is 2.21. The molecule has 0 saturated carbocycles. The SMILES string of the molecule is Cc1ccnc(C(C)C)c1-n1c(=O)nc(Cl)c2c(F)cc(Cl)nc21. The van der Waals surface area contributed by atoms with E-state index in [9.17, 15) is 9.18 Å². The molecule has 24 heavy (non-hydrogen) atoms. The Kier molecular flexibility index (Phi) is 4.27. The van der Waals surface area contributed by atoms with Gasteiger partial charge in [-0.2, -0.15) is 4.98 Å². The third-order valence-corrected chi connectivity index (χ3v) is 4.12. The fraction of sp³-hybridized carbons (Fsp3) is 0.250. The summed E-state index contributed by atoms with van der Waals surface area (Å²) in [4.78, 5) is 24.7. The molecule has 3 rings (SSSR count). The first kappa shape index (κ1) is 16.8. The molecule has 0 bridgehead atoms. The summed E-state index contributed by atoms with van der Waals surface area (Å²) in [6.07, 6.45) is 1.66. The predicted octanol–water partition coefficient (Wildman–Crippen LogP) is 4.05. The van der Waals surface area contributed by atoms with Gasteiger partial charge in [-0.15, -0.1) is 0 Å². The van der Waals surface area contributed by atoms with Crippen LogP contribution in [0.1, 0.15) is 31.0 Å². The maximum absolute atomic E-state index is 14.3. The standard InChI is InChI=1S/C16H13Cl2FN4O/c1-7(2)12-13(8(3)4-5-20-12)23-15-11(14(18)22-16(23)24)9(19)6-10(17)21-15/h4-7H,1-3H3. The molecule has 0 unspecified atom stereocenters. The van der Waals surface area contributed by atoms with Crippen molar-refractivity contribution in [2.45, 2.75) is 26.7 Å². The van der Waals surface area contributed by atoms with Crippen LogP contribution in [0.3, 0.4) is 0 Å². The van der Waals surface area contributed by atoms with E-state index in [0.717, 1.165) is 11.6 Å². The van der Waals surface area contributed by atoms with Crippen molar-refractivity contribution in [3.8, 4) is 5.69 Å². The summed E-state index contributed by atoms with van der Waals surface area (Å²) >= 11 is 11.8. The Morgan fingerprint density at radius 1 is 1.25 bits per heavy atom. The smallest absolute Gasteiger partial charge is 0.259 e. The van der Waals surface area contributed by atoms with Crippen LogP contribution in [0.25, 0.3) is 16.7 Å². The van der Waals surface area contributed by atoms with E-state index in [1.165, 1.54) is 4.57 Å². The van der Waals surface area contributed by atoms with Crippen molar-refractivity contribution in [2.24, 2.45) is 0 Å². The van der Waals surface area contributed by atoms with Gasteiger partial charge in [-0.25, -0.2) is 18.7 Å². The third-order valence-electron chi connectivity index (χ3n) is 3.65. The van der Waals surface area contributed by atoms with Crippen molar-refractivity contribution in [1.82, 2.24) is 19.5 Å². The Bertz CT molecular complexity index is 1020. The number of hydrogen-bond acceptors (Lipinski definition) is 4. The van der Waals surface area contributed by atoms with Gasteiger partial charge < -0.3 is 0 Å². The van der Waals surface area contributed by atoms with Gasteiger partial charge in [0.05, 0.1) is 16.8 Å². The highest BCUT2D eigenvalue weighted by atomic mass is 35.5. The molecule has 0 aliphatic rings. The van der Waals surface area contributed by atoms with Gasteiger partial charge >= 0.3 is 5.69 Å². The molecule has 0 saturated heterocycles. The molecule has 0 amide bonds. The molecule has 0 aromatic carbocycles. The molecular formula is C16H13Cl2FN4O. The molecule has 3 aromatic rings. The van der Waals surface area contributed by atoms with E-state index in [4.69, 9.17) is 23.2 Å². The molecule has 3 aromatic heterocycles. The van der Waals surface area contributed by atoms with Crippen molar-refractivity contribution >= 4 is 34.2 Å². The molecule has 5 nitrogen and oxygen atoms in total. The Morgan fingerprint density at radius 3 is 2.62 bits per heavy atom. The van der Waals surface area contributed by atoms with Crippen molar-refractivity contribution in [3.05, 3.63) is 56.2 Å². The van der Waals surface area contributed by atoms with Crippen LogP contribution in [-0.2, 0) is 0 Å². The second kappa shape index (κ2) is 6.11. The van der Waals surface area contributed by atoms with Crippen LogP contribution in [0.15, 0.2) is 23.1 Å². The normalized spacial score (nSPS) is 11.5. The predicted molar refractivity (Wildman–Crippen MR) is 91.7 cm³/mol. The highest BCUT2D eigenvalue weighted by molar-refractivity contribution is 6.34. The van der Waals surface area contributed by atoms with Crippen LogP contribution >= 0.6 is 23.2 Å². The Labute approximate surface area is 147 Å². The lowest BCUT2D eigenvalue weighted by atomic mass is 10.0. The molecule has 0 N–H and O–H groups in total. The summed E-state index contributed by atoms with van der Waals surface area (Å²) in [7, 11) is 0. The summed E-state index contributed by atoms with van der Waals surface area (Å²) in [5.74, 6) is -0.662. The summed E-state index contributed by atoms with van der Waals surface area (Å²) < 4.78 is 15.5. The first-order chi connectivity index (χ1) is 11.3. The lowest BCUT2D eigenvalue weighted by molar-refractivity contribution is 0.636. The lowest BCUT2D eigenvalue weighted by Crippen LogP contribution is -2.25. The number of aromatic nitrogens is 4. The van der Waals surface area contributed by atoms with E-state index in [0.29, 0.717) is 11.4 Å². The molecule has 0 aliphatic heterocycles. The molecule has 0 aliphatic carbocycles. The van der Waals surface area contributed by atoms with Gasteiger partial charge in [0.2, 0.25) is 0 Å². The Morgan fingerprint density at radius 2 is 1.96 bits per heavy atom. The number of fused-ring (bicyclic) bond motifs is 1. The van der Waals surface area contributed by atoms with Crippen LogP contribution < -0.4 is 5.69 Å². The van der Waals surface area contributed by atoms with Gasteiger partial charge in [0.15, 0.2) is 5.65 Å². The largest absolute Gasteiger partial charge is 0.355 e. The third kappa shape index (κ3) is 2.65. The quantitative estimate of drug-likeness (QED) is 0.506. The fourth-order valence-corrected chi connectivity index (χ4v) is 3.02. The van der Waals surface area contributed by atoms with Crippen molar-refractivity contribution in [2.75, 3.05) is 0 Å². The Balaban J connectivity index is 2.56. The maximum atomic E-state index is 14.3. The van der Waals surface area contributed by atoms with E-state index >= 15 is 0 Å². The summed E-state index contributed by atoms with van der Waals surface area (Å²) in [5, 5.41) is -0.387. The lowest BCUT2D eigenvalue weighted by Gasteiger charge is -2.17. The summed E-state index contributed by atoms with van der Waals surface area (Å²) in [5.41, 5.74) is 1.32. The van der Waals surface area contributed by atoms with E-state index in [-0.39, 0.29) is 27.3 Å². The fourth-order valence-electron chi connectivity index (χ4n) is 2.59. The van der Waals surface area contributed by atoms with Gasteiger partial charge in [-0.05, 0) is 24.5 Å². The van der Waals surface area contributed by atoms with Gasteiger partial charge in [-0.3, -0.25) is 4.98 Å². The van der Waals surface area contributed by atoms with Gasteiger partial charge in [0.25, 0.3) is 0 Å². The first-order valence-corrected chi connectivity index (χ1v) is 7.97. The van der Waals surface area contributed by atoms with Crippen LogP contribution in [0.5, 0.6) is 0 Å². The number of hydrogen-bond donors (Lipinski definition) is 0. The molecular weight excluding hydrogens is 354 g/mol. The van der Waals surface area contributed by atoms with Crippen LogP contribution in [0.2, 0.25) is 10.3 Å². The second-order valence-corrected chi connectivity index (χ2v) is 6.41. The summed E-state index contributed by atoms with van der Waals surface area (Å²) in [6.45, 7) is 5.72. The molecule has 3 heterocycles. The van der Waals surface area contributed by atoms with Crippen molar-refractivity contribution in [3.63, 3.8) is 0 Å². The summed E-state index contributed by atoms with van der Waals surface area (Å²) in [6, 6.07) is 2.79. The number of halogens is 3. The average molecular weight is 367 g/mol. The monoisotopic (exact) mass is 366 g/mol. The minimum atomic E-state index is -0.691. The van der Waals surface area contributed by atoms with Gasteiger partial charge in [0.1, 0.15) is 16.1 Å². The zero-order valence-electron chi connectivity index (χ0n) is 13.1. The van der Waals surface area contributed by atoms with Gasteiger partial charge in [-0.1, -0.05) is 37.0 Å². The average Bonchev–Trinajstić information content (AvgIpc) is 2.47. The minimum Gasteiger partial charge on any atom is -0.259 e. The minimum absolute atomic E-state index is 0.0167. The number of aryl methyl sites for hydroxylation is 1. The van der Waals surface area contributed by atoms with Crippen LogP contribution in [0.4, 0.5) is 4.39 Å². The van der Waals surface area contributed by atoms with Crippen molar-refractivity contribution < 1.29 is 4.39 Å². The maximum Gasteiger partial charge on any atom is 0.355 e. The highest BCUT2D eigenvalue weighted by Crippen LogP contribution is 2.29. The van der Waals surface area contributed by atoms with E-state index in [1.807, 2.05) is 20.8 Å². The molecule has 124 valence electrons. The zero-order valence-corrected chi connectivity index (χ0v) is 14.7. The molecule has 0 radical (unpaired) electrons. The van der Waals surface area contributed by atoms with Crippen molar-refractivity contribution in [1.29, 1.82) is 0 Å². The van der Waals surface area contributed by atoms with Gasteiger partial charge in [0, 0.05) is 12.3 Å². The zero-order chi connectivity index (χ0) is 17.6. The Hall–Kier alpha value is -2.05.